The molecule has 0 aliphatic rings. The van der Waals surface area contributed by atoms with Crippen LogP contribution >= 0.6 is 0 Å². The van der Waals surface area contributed by atoms with Crippen LogP contribution in [-0.4, -0.2) is 60.7 Å². The standard InChI is InChI=1S/C17H5F23O3/c18-7(11(23,24)25,6-4-2-1-3-5-6)41-16(37,38)9(21,13(29,30)31)43-17(39,40)10(22,14(32,33)34)42-15(35,36)8(19,20)12(26,27)28/h1-5H. The Bertz CT molecular complexity index is 1110. The highest BCUT2D eigenvalue weighted by Crippen LogP contribution is 2.60. The zero-order chi connectivity index (χ0) is 34.7. The molecule has 0 radical (unpaired) electrons. The lowest BCUT2D eigenvalue weighted by molar-refractivity contribution is -0.580. The minimum absolute atomic E-state index is 0.250. The van der Waals surface area contributed by atoms with Gasteiger partial charge in [-0.1, -0.05) is 30.3 Å². The molecule has 3 nitrogen and oxygen atoms in total. The van der Waals surface area contributed by atoms with Gasteiger partial charge in [-0.25, -0.2) is 0 Å². The third-order valence-corrected chi connectivity index (χ3v) is 4.52. The van der Waals surface area contributed by atoms with Gasteiger partial charge in [-0.3, -0.25) is 14.2 Å². The van der Waals surface area contributed by atoms with Gasteiger partial charge in [-0.15, -0.1) is 0 Å². The number of ether oxygens (including phenoxy) is 3. The van der Waals surface area contributed by atoms with Crippen molar-refractivity contribution in [3.05, 3.63) is 35.9 Å². The largest absolute Gasteiger partial charge is 0.462 e. The second kappa shape index (κ2) is 10.5. The minimum atomic E-state index is -8.66. The van der Waals surface area contributed by atoms with Crippen molar-refractivity contribution >= 4 is 0 Å². The van der Waals surface area contributed by atoms with Gasteiger partial charge in [0.05, 0.1) is 0 Å². The molecule has 0 saturated heterocycles. The van der Waals surface area contributed by atoms with E-state index in [2.05, 4.69) is 4.74 Å². The molecule has 0 aromatic heterocycles. The van der Waals surface area contributed by atoms with Crippen LogP contribution < -0.4 is 0 Å². The summed E-state index contributed by atoms with van der Waals surface area (Å²) in [5.41, 5.74) is -2.37. The molecule has 0 aliphatic heterocycles. The first-order valence-electron chi connectivity index (χ1n) is 9.48. The predicted octanol–water partition coefficient (Wildman–Crippen LogP) is 8.85. The van der Waals surface area contributed by atoms with E-state index >= 15 is 0 Å². The molecule has 0 saturated carbocycles. The lowest BCUT2D eigenvalue weighted by atomic mass is 10.1. The Hall–Kier alpha value is -2.51. The highest BCUT2D eigenvalue weighted by Gasteiger charge is 2.88. The number of halogens is 23. The van der Waals surface area contributed by atoms with E-state index in [0.29, 0.717) is 18.2 Å². The Labute approximate surface area is 219 Å². The van der Waals surface area contributed by atoms with Crippen molar-refractivity contribution in [2.24, 2.45) is 0 Å². The molecule has 3 atom stereocenters. The quantitative estimate of drug-likeness (QED) is 0.229. The summed E-state index contributed by atoms with van der Waals surface area (Å²) in [6, 6.07) is 0.748. The normalized spacial score (nSPS) is 19.4. The Kier molecular flexibility index (Phi) is 9.44. The van der Waals surface area contributed by atoms with Crippen LogP contribution in [0.4, 0.5) is 101 Å². The second-order valence-corrected chi connectivity index (χ2v) is 7.57. The molecule has 3 unspecified atom stereocenters. The monoisotopic (exact) mass is 694 g/mol. The first-order chi connectivity index (χ1) is 18.5. The van der Waals surface area contributed by atoms with E-state index in [1.54, 1.807) is 0 Å². The zero-order valence-corrected chi connectivity index (χ0v) is 18.8. The highest BCUT2D eigenvalue weighted by molar-refractivity contribution is 5.22. The van der Waals surface area contributed by atoms with Gasteiger partial charge in [0.25, 0.3) is 0 Å². The lowest BCUT2D eigenvalue weighted by Crippen LogP contribution is -2.70. The summed E-state index contributed by atoms with van der Waals surface area (Å²) in [6.45, 7) is 0. The molecule has 1 rings (SSSR count). The van der Waals surface area contributed by atoms with Crippen LogP contribution in [0.3, 0.4) is 0 Å². The number of hydrogen-bond donors (Lipinski definition) is 0. The molecule has 0 amide bonds. The van der Waals surface area contributed by atoms with Crippen molar-refractivity contribution in [3.63, 3.8) is 0 Å². The van der Waals surface area contributed by atoms with Crippen molar-refractivity contribution in [2.45, 2.75) is 66.5 Å². The second-order valence-electron chi connectivity index (χ2n) is 7.57. The summed E-state index contributed by atoms with van der Waals surface area (Å²) in [5, 5.41) is 0. The van der Waals surface area contributed by atoms with Gasteiger partial charge in [0.15, 0.2) is 0 Å². The Morgan fingerprint density at radius 3 is 0.977 bits per heavy atom. The fourth-order valence-corrected chi connectivity index (χ4v) is 2.39. The van der Waals surface area contributed by atoms with Gasteiger partial charge >= 0.3 is 66.5 Å². The van der Waals surface area contributed by atoms with Crippen molar-refractivity contribution in [1.82, 2.24) is 0 Å². The maximum Gasteiger partial charge on any atom is 0.462 e. The molecule has 26 heteroatoms. The summed E-state index contributed by atoms with van der Waals surface area (Å²) >= 11 is 0. The molecular formula is C17H5F23O3. The smallest absolute Gasteiger partial charge is 0.266 e. The summed E-state index contributed by atoms with van der Waals surface area (Å²) < 4.78 is 310. The van der Waals surface area contributed by atoms with E-state index in [1.165, 1.54) is 4.74 Å². The average molecular weight is 694 g/mol. The number of hydrogen-bond acceptors (Lipinski definition) is 3. The van der Waals surface area contributed by atoms with E-state index in [-0.39, 0.29) is 12.1 Å². The first kappa shape index (κ1) is 38.5. The third-order valence-electron chi connectivity index (χ3n) is 4.52. The molecule has 0 fully saturated rings. The van der Waals surface area contributed by atoms with Crippen LogP contribution in [0.2, 0.25) is 0 Å². The molecule has 0 aliphatic carbocycles. The van der Waals surface area contributed by atoms with Gasteiger partial charge in [0, 0.05) is 5.56 Å². The summed E-state index contributed by atoms with van der Waals surface area (Å²) in [7, 11) is 0. The Morgan fingerprint density at radius 2 is 0.674 bits per heavy atom. The summed E-state index contributed by atoms with van der Waals surface area (Å²) in [6.07, 6.45) is -56.6. The van der Waals surface area contributed by atoms with Crippen LogP contribution in [0.1, 0.15) is 5.56 Å². The van der Waals surface area contributed by atoms with Crippen LogP contribution in [0.25, 0.3) is 0 Å². The van der Waals surface area contributed by atoms with Crippen LogP contribution in [0.15, 0.2) is 30.3 Å². The van der Waals surface area contributed by atoms with E-state index in [1.807, 2.05) is 0 Å². The van der Waals surface area contributed by atoms with Gasteiger partial charge in [0.1, 0.15) is 0 Å². The third kappa shape index (κ3) is 6.49. The van der Waals surface area contributed by atoms with Gasteiger partial charge in [0.2, 0.25) is 0 Å². The molecular weight excluding hydrogens is 689 g/mol. The van der Waals surface area contributed by atoms with Crippen molar-refractivity contribution in [3.8, 4) is 0 Å². The van der Waals surface area contributed by atoms with Crippen molar-refractivity contribution in [2.75, 3.05) is 0 Å². The molecule has 0 bridgehead atoms. The van der Waals surface area contributed by atoms with Crippen LogP contribution in [0.5, 0.6) is 0 Å². The van der Waals surface area contributed by atoms with Crippen LogP contribution in [-0.2, 0) is 20.1 Å². The molecule has 1 aromatic rings. The molecule has 0 N–H and O–H groups in total. The fraction of sp³-hybridized carbons (Fsp3) is 0.647. The van der Waals surface area contributed by atoms with Crippen LogP contribution in [0, 0.1) is 0 Å². The number of benzene rings is 1. The fourth-order valence-electron chi connectivity index (χ4n) is 2.39. The summed E-state index contributed by atoms with van der Waals surface area (Å²) in [4.78, 5) is 0. The van der Waals surface area contributed by atoms with Gasteiger partial charge < -0.3 is 0 Å². The van der Waals surface area contributed by atoms with E-state index < -0.39 is 72.1 Å². The number of alkyl halides is 23. The SMILES string of the molecule is FC(F)(F)C(F)(OC(F)(F)C(F)(OC(F)(F)C(F)(OC(F)(F)C(F)(F)C(F)(F)F)C(F)(F)F)C(F)(F)F)c1ccccc1. The molecule has 252 valence electrons. The molecule has 0 spiro atoms. The zero-order valence-electron chi connectivity index (χ0n) is 18.8. The average Bonchev–Trinajstić information content (AvgIpc) is 2.75. The van der Waals surface area contributed by atoms with E-state index in [9.17, 15) is 101 Å². The van der Waals surface area contributed by atoms with E-state index in [4.69, 9.17) is 0 Å². The predicted molar refractivity (Wildman–Crippen MR) is 84.2 cm³/mol. The van der Waals surface area contributed by atoms with E-state index in [0.717, 1.165) is 4.74 Å². The number of rotatable bonds is 10. The highest BCUT2D eigenvalue weighted by atomic mass is 19.4. The Balaban J connectivity index is 3.89. The maximum atomic E-state index is 14.6. The van der Waals surface area contributed by atoms with Crippen molar-refractivity contribution in [1.29, 1.82) is 0 Å². The molecule has 1 aromatic carbocycles. The molecule has 0 heterocycles. The lowest BCUT2D eigenvalue weighted by Gasteiger charge is -2.43. The van der Waals surface area contributed by atoms with Crippen molar-refractivity contribution < 1.29 is 115 Å². The molecule has 43 heavy (non-hydrogen) atoms. The van der Waals surface area contributed by atoms with Gasteiger partial charge in [-0.05, 0) is 0 Å². The Morgan fingerprint density at radius 1 is 0.349 bits per heavy atom. The minimum Gasteiger partial charge on any atom is -0.266 e. The maximum absolute atomic E-state index is 14.6. The van der Waals surface area contributed by atoms with Gasteiger partial charge in [-0.2, -0.15) is 101 Å². The summed E-state index contributed by atoms with van der Waals surface area (Å²) in [5.74, 6) is -31.7. The first-order valence-corrected chi connectivity index (χ1v) is 9.48. The topological polar surface area (TPSA) is 27.7 Å².